The summed E-state index contributed by atoms with van der Waals surface area (Å²) >= 11 is 0. The SMILES string of the molecule is CC1C/C1=C\c1ccc([N+](=O)[O-])cc1. The van der Waals surface area contributed by atoms with Crippen molar-refractivity contribution in [1.29, 1.82) is 0 Å². The summed E-state index contributed by atoms with van der Waals surface area (Å²) in [4.78, 5) is 10.0. The number of non-ortho nitro benzene ring substituents is 1. The molecule has 0 N–H and O–H groups in total. The Bertz CT molecular complexity index is 392. The van der Waals surface area contributed by atoms with Gasteiger partial charge in [0.2, 0.25) is 0 Å². The van der Waals surface area contributed by atoms with Gasteiger partial charge in [0.15, 0.2) is 0 Å². The maximum absolute atomic E-state index is 10.4. The van der Waals surface area contributed by atoms with Crippen molar-refractivity contribution >= 4 is 11.8 Å². The lowest BCUT2D eigenvalue weighted by Crippen LogP contribution is -1.86. The molecule has 0 amide bonds. The Morgan fingerprint density at radius 3 is 2.43 bits per heavy atom. The molecular weight excluding hydrogens is 178 g/mol. The van der Waals surface area contributed by atoms with E-state index in [4.69, 9.17) is 0 Å². The fourth-order valence-electron chi connectivity index (χ4n) is 1.40. The number of rotatable bonds is 2. The van der Waals surface area contributed by atoms with Crippen LogP contribution in [0.2, 0.25) is 0 Å². The number of allylic oxidation sites excluding steroid dienone is 1. The molecule has 1 aromatic carbocycles. The van der Waals surface area contributed by atoms with E-state index >= 15 is 0 Å². The Hall–Kier alpha value is -1.64. The average Bonchev–Trinajstić information content (AvgIpc) is 2.82. The van der Waals surface area contributed by atoms with Crippen LogP contribution in [0.1, 0.15) is 18.9 Å². The van der Waals surface area contributed by atoms with Gasteiger partial charge < -0.3 is 0 Å². The minimum absolute atomic E-state index is 0.149. The minimum Gasteiger partial charge on any atom is -0.258 e. The van der Waals surface area contributed by atoms with Gasteiger partial charge in [0.05, 0.1) is 4.92 Å². The Kier molecular flexibility index (Phi) is 2.08. The first-order valence-electron chi connectivity index (χ1n) is 4.62. The van der Waals surface area contributed by atoms with Crippen molar-refractivity contribution in [2.75, 3.05) is 0 Å². The molecule has 3 heteroatoms. The largest absolute Gasteiger partial charge is 0.269 e. The predicted molar refractivity (Wildman–Crippen MR) is 54.9 cm³/mol. The lowest BCUT2D eigenvalue weighted by Gasteiger charge is -1.92. The predicted octanol–water partition coefficient (Wildman–Crippen LogP) is 3.02. The maximum Gasteiger partial charge on any atom is 0.269 e. The van der Waals surface area contributed by atoms with Gasteiger partial charge in [0, 0.05) is 12.1 Å². The molecule has 0 aromatic heterocycles. The second-order valence-corrected chi connectivity index (χ2v) is 3.67. The highest BCUT2D eigenvalue weighted by Gasteiger charge is 2.23. The van der Waals surface area contributed by atoms with Crippen LogP contribution in [0.5, 0.6) is 0 Å². The van der Waals surface area contributed by atoms with Crippen LogP contribution >= 0.6 is 0 Å². The standard InChI is InChI=1S/C11H11NO2/c1-8-6-10(8)7-9-2-4-11(5-3-9)12(13)14/h2-5,7-8H,6H2,1H3/b10-7+. The van der Waals surface area contributed by atoms with E-state index in [2.05, 4.69) is 13.0 Å². The molecule has 1 atom stereocenters. The van der Waals surface area contributed by atoms with E-state index < -0.39 is 0 Å². The molecule has 1 fully saturated rings. The van der Waals surface area contributed by atoms with Gasteiger partial charge in [-0.05, 0) is 30.0 Å². The third-order valence-corrected chi connectivity index (χ3v) is 2.47. The van der Waals surface area contributed by atoms with E-state index in [1.54, 1.807) is 24.3 Å². The van der Waals surface area contributed by atoms with E-state index in [9.17, 15) is 10.1 Å². The summed E-state index contributed by atoms with van der Waals surface area (Å²) in [6, 6.07) is 6.66. The van der Waals surface area contributed by atoms with Crippen molar-refractivity contribution in [2.24, 2.45) is 5.92 Å². The van der Waals surface area contributed by atoms with Crippen molar-refractivity contribution in [3.05, 3.63) is 45.5 Å². The third-order valence-electron chi connectivity index (χ3n) is 2.47. The highest BCUT2D eigenvalue weighted by atomic mass is 16.6. The van der Waals surface area contributed by atoms with Crippen LogP contribution in [0.4, 0.5) is 5.69 Å². The van der Waals surface area contributed by atoms with Crippen LogP contribution in [0.15, 0.2) is 29.8 Å². The molecule has 0 saturated heterocycles. The second kappa shape index (κ2) is 3.25. The van der Waals surface area contributed by atoms with Crippen LogP contribution in [-0.4, -0.2) is 4.92 Å². The van der Waals surface area contributed by atoms with Crippen molar-refractivity contribution in [2.45, 2.75) is 13.3 Å². The molecule has 2 rings (SSSR count). The van der Waals surface area contributed by atoms with E-state index in [0.717, 1.165) is 12.0 Å². The van der Waals surface area contributed by atoms with Crippen LogP contribution in [-0.2, 0) is 0 Å². The second-order valence-electron chi connectivity index (χ2n) is 3.67. The third kappa shape index (κ3) is 1.82. The molecule has 3 nitrogen and oxygen atoms in total. The zero-order valence-corrected chi connectivity index (χ0v) is 7.93. The fraction of sp³-hybridized carbons (Fsp3) is 0.273. The van der Waals surface area contributed by atoms with Gasteiger partial charge in [-0.15, -0.1) is 0 Å². The Morgan fingerprint density at radius 2 is 2.00 bits per heavy atom. The lowest BCUT2D eigenvalue weighted by molar-refractivity contribution is -0.384. The van der Waals surface area contributed by atoms with E-state index in [1.807, 2.05) is 0 Å². The maximum atomic E-state index is 10.4. The van der Waals surface area contributed by atoms with Crippen molar-refractivity contribution < 1.29 is 4.92 Å². The molecule has 72 valence electrons. The summed E-state index contributed by atoms with van der Waals surface area (Å²) in [5.41, 5.74) is 2.63. The van der Waals surface area contributed by atoms with Crippen molar-refractivity contribution in [3.63, 3.8) is 0 Å². The molecule has 1 aliphatic rings. The number of benzene rings is 1. The topological polar surface area (TPSA) is 43.1 Å². The van der Waals surface area contributed by atoms with E-state index in [0.29, 0.717) is 5.92 Å². The summed E-state index contributed by atoms with van der Waals surface area (Å²) in [6.45, 7) is 2.18. The summed E-state index contributed by atoms with van der Waals surface area (Å²) < 4.78 is 0. The summed E-state index contributed by atoms with van der Waals surface area (Å²) in [5.74, 6) is 0.699. The minimum atomic E-state index is -0.378. The van der Waals surface area contributed by atoms with Gasteiger partial charge in [-0.2, -0.15) is 0 Å². The molecule has 0 radical (unpaired) electrons. The van der Waals surface area contributed by atoms with Gasteiger partial charge in [-0.1, -0.05) is 18.6 Å². The van der Waals surface area contributed by atoms with Gasteiger partial charge in [0.25, 0.3) is 5.69 Å². The van der Waals surface area contributed by atoms with Crippen LogP contribution in [0.3, 0.4) is 0 Å². The average molecular weight is 189 g/mol. The summed E-state index contributed by atoms with van der Waals surface area (Å²) in [6.07, 6.45) is 3.27. The van der Waals surface area contributed by atoms with E-state index in [1.165, 1.54) is 5.57 Å². The zero-order chi connectivity index (χ0) is 10.1. The zero-order valence-electron chi connectivity index (χ0n) is 7.93. The Balaban J connectivity index is 2.18. The monoisotopic (exact) mass is 189 g/mol. The molecule has 0 spiro atoms. The quantitative estimate of drug-likeness (QED) is 0.530. The highest BCUT2D eigenvalue weighted by molar-refractivity contribution is 5.58. The highest BCUT2D eigenvalue weighted by Crippen LogP contribution is 2.38. The van der Waals surface area contributed by atoms with Crippen LogP contribution in [0.25, 0.3) is 6.08 Å². The first-order chi connectivity index (χ1) is 6.66. The molecule has 1 aliphatic carbocycles. The summed E-state index contributed by atoms with van der Waals surface area (Å²) in [5, 5.41) is 10.4. The number of nitro groups is 1. The van der Waals surface area contributed by atoms with Gasteiger partial charge in [-0.25, -0.2) is 0 Å². The molecule has 0 bridgehead atoms. The van der Waals surface area contributed by atoms with E-state index in [-0.39, 0.29) is 10.6 Å². The molecule has 1 unspecified atom stereocenters. The molecular formula is C11H11NO2. The van der Waals surface area contributed by atoms with Gasteiger partial charge >= 0.3 is 0 Å². The Labute approximate surface area is 82.2 Å². The van der Waals surface area contributed by atoms with Gasteiger partial charge in [0.1, 0.15) is 0 Å². The molecule has 1 aromatic rings. The molecule has 14 heavy (non-hydrogen) atoms. The first kappa shape index (κ1) is 8.94. The fourth-order valence-corrected chi connectivity index (χ4v) is 1.40. The molecule has 0 aliphatic heterocycles. The van der Waals surface area contributed by atoms with Crippen molar-refractivity contribution in [1.82, 2.24) is 0 Å². The summed E-state index contributed by atoms with van der Waals surface area (Å²) in [7, 11) is 0. The normalized spacial score (nSPS) is 22.4. The molecule has 1 saturated carbocycles. The van der Waals surface area contributed by atoms with Gasteiger partial charge in [-0.3, -0.25) is 10.1 Å². The Morgan fingerprint density at radius 1 is 1.43 bits per heavy atom. The van der Waals surface area contributed by atoms with Crippen LogP contribution in [0, 0.1) is 16.0 Å². The lowest BCUT2D eigenvalue weighted by atomic mass is 10.2. The number of hydrogen-bond donors (Lipinski definition) is 0. The van der Waals surface area contributed by atoms with Crippen molar-refractivity contribution in [3.8, 4) is 0 Å². The molecule has 0 heterocycles. The van der Waals surface area contributed by atoms with Crippen LogP contribution < -0.4 is 0 Å². The first-order valence-corrected chi connectivity index (χ1v) is 4.62. The smallest absolute Gasteiger partial charge is 0.258 e. The number of hydrogen-bond acceptors (Lipinski definition) is 2. The number of nitrogens with zero attached hydrogens (tertiary/aromatic N) is 1. The number of nitro benzene ring substituents is 1.